The number of fused-ring (bicyclic) bond motifs is 1. The summed E-state index contributed by atoms with van der Waals surface area (Å²) in [5.74, 6) is -0.233. The largest absolute Gasteiger partial charge is 0.465 e. The van der Waals surface area contributed by atoms with Crippen LogP contribution in [0.3, 0.4) is 0 Å². The predicted octanol–water partition coefficient (Wildman–Crippen LogP) is 2.71. The number of hydrogen-bond acceptors (Lipinski definition) is 6. The first-order chi connectivity index (χ1) is 16.6. The average Bonchev–Trinajstić information content (AvgIpc) is 2.86. The van der Waals surface area contributed by atoms with Crippen molar-refractivity contribution in [2.45, 2.75) is 24.5 Å². The van der Waals surface area contributed by atoms with Crippen LogP contribution >= 0.6 is 0 Å². The third-order valence-electron chi connectivity index (χ3n) is 6.89. The molecule has 7 heteroatoms. The average molecular weight is 458 g/mol. The molecule has 2 aliphatic heterocycles. The van der Waals surface area contributed by atoms with Crippen LogP contribution in [0.4, 0.5) is 0 Å². The maximum absolute atomic E-state index is 12.9. The number of hydrogen-bond donors (Lipinski definition) is 1. The number of methoxy groups -OCH3 is 1. The summed E-state index contributed by atoms with van der Waals surface area (Å²) in [5, 5.41) is 10.0. The zero-order chi connectivity index (χ0) is 23.7. The number of carbonyl (C=O) groups excluding carboxylic acids is 2. The molecule has 2 fully saturated rings. The number of aliphatic hydroxyl groups is 1. The van der Waals surface area contributed by atoms with Crippen molar-refractivity contribution in [2.24, 2.45) is 0 Å². The molecule has 34 heavy (non-hydrogen) atoms. The molecule has 0 saturated carbocycles. The van der Waals surface area contributed by atoms with Crippen LogP contribution < -0.4 is 0 Å². The summed E-state index contributed by atoms with van der Waals surface area (Å²) in [6.45, 7) is 1.62. The standard InChI is InChI=1S/C27H27N3O4/c1-34-27(33)21-6-4-18(5-7-21)14-29-15-23-26(24(17-31)30(23)25(32)16-29)20-10-8-19(9-11-20)22-3-2-12-28-13-22/h2-13,23-24,26,31H,14-17H2,1H3/t23-,24-,26+/m0/s1. The van der Waals surface area contributed by atoms with Crippen LogP contribution in [0, 0.1) is 0 Å². The Bertz CT molecular complexity index is 1160. The Hall–Kier alpha value is -3.55. The third kappa shape index (κ3) is 4.08. The van der Waals surface area contributed by atoms with E-state index < -0.39 is 0 Å². The van der Waals surface area contributed by atoms with Crippen LogP contribution in [0.15, 0.2) is 73.1 Å². The SMILES string of the molecule is COC(=O)c1ccc(CN2CC(=O)N3[C@@H](CO)[C@H](c4ccc(-c5cccnc5)cc4)[C@@H]3C2)cc1. The molecular formula is C27H27N3O4. The van der Waals surface area contributed by atoms with E-state index in [4.69, 9.17) is 4.74 Å². The fraction of sp³-hybridized carbons (Fsp3) is 0.296. The molecule has 7 nitrogen and oxygen atoms in total. The zero-order valence-corrected chi connectivity index (χ0v) is 19.0. The van der Waals surface area contributed by atoms with Crippen molar-refractivity contribution in [1.29, 1.82) is 0 Å². The molecule has 0 spiro atoms. The first kappa shape index (κ1) is 22.3. The minimum atomic E-state index is -0.364. The molecule has 3 heterocycles. The number of aromatic nitrogens is 1. The lowest BCUT2D eigenvalue weighted by molar-refractivity contribution is -0.162. The maximum Gasteiger partial charge on any atom is 0.337 e. The number of pyridine rings is 1. The van der Waals surface area contributed by atoms with Gasteiger partial charge in [0.1, 0.15) is 0 Å². The van der Waals surface area contributed by atoms with Crippen LogP contribution in [-0.2, 0) is 16.1 Å². The highest BCUT2D eigenvalue weighted by molar-refractivity contribution is 5.89. The number of rotatable bonds is 6. The number of carbonyl (C=O) groups is 2. The lowest BCUT2D eigenvalue weighted by Gasteiger charge is -2.59. The smallest absolute Gasteiger partial charge is 0.337 e. The Balaban J connectivity index is 1.31. The van der Waals surface area contributed by atoms with E-state index in [-0.39, 0.29) is 36.5 Å². The van der Waals surface area contributed by atoms with Crippen LogP contribution in [-0.4, -0.2) is 70.7 Å². The Morgan fingerprint density at radius 2 is 1.85 bits per heavy atom. The van der Waals surface area contributed by atoms with E-state index in [1.807, 2.05) is 35.4 Å². The summed E-state index contributed by atoms with van der Waals surface area (Å²) in [5.41, 5.74) is 4.81. The van der Waals surface area contributed by atoms with Crippen LogP contribution in [0.5, 0.6) is 0 Å². The number of ether oxygens (including phenoxy) is 1. The van der Waals surface area contributed by atoms with E-state index >= 15 is 0 Å². The number of aliphatic hydroxyl groups excluding tert-OH is 1. The Morgan fingerprint density at radius 1 is 1.09 bits per heavy atom. The number of amides is 1. The van der Waals surface area contributed by atoms with Crippen molar-refractivity contribution in [3.63, 3.8) is 0 Å². The van der Waals surface area contributed by atoms with Gasteiger partial charge in [0.05, 0.1) is 37.9 Å². The summed E-state index contributed by atoms with van der Waals surface area (Å²) < 4.78 is 4.76. The molecule has 2 aliphatic rings. The lowest BCUT2D eigenvalue weighted by atomic mass is 9.73. The number of nitrogens with zero attached hydrogens (tertiary/aromatic N) is 3. The van der Waals surface area contributed by atoms with E-state index in [0.29, 0.717) is 18.7 Å². The topological polar surface area (TPSA) is 83.0 Å². The van der Waals surface area contributed by atoms with E-state index in [2.05, 4.69) is 34.1 Å². The summed E-state index contributed by atoms with van der Waals surface area (Å²) in [7, 11) is 1.36. The Kier molecular flexibility index (Phi) is 6.13. The van der Waals surface area contributed by atoms with Gasteiger partial charge < -0.3 is 14.7 Å². The Morgan fingerprint density at radius 3 is 2.50 bits per heavy atom. The lowest BCUT2D eigenvalue weighted by Crippen LogP contribution is -2.72. The predicted molar refractivity (Wildman–Crippen MR) is 127 cm³/mol. The molecule has 0 radical (unpaired) electrons. The molecule has 3 aromatic rings. The second-order valence-corrected chi connectivity index (χ2v) is 8.87. The summed E-state index contributed by atoms with van der Waals surface area (Å²) >= 11 is 0. The molecule has 2 aromatic carbocycles. The van der Waals surface area contributed by atoms with Gasteiger partial charge in [-0.05, 0) is 40.5 Å². The number of benzene rings is 2. The highest BCUT2D eigenvalue weighted by Gasteiger charge is 2.53. The fourth-order valence-corrected chi connectivity index (χ4v) is 5.24. The third-order valence-corrected chi connectivity index (χ3v) is 6.89. The van der Waals surface area contributed by atoms with Gasteiger partial charge in [-0.1, -0.05) is 42.5 Å². The van der Waals surface area contributed by atoms with Gasteiger partial charge in [-0.15, -0.1) is 0 Å². The number of esters is 1. The van der Waals surface area contributed by atoms with Crippen LogP contribution in [0.25, 0.3) is 11.1 Å². The molecule has 0 bridgehead atoms. The normalized spacial score (nSPS) is 22.1. The van der Waals surface area contributed by atoms with Crippen molar-refractivity contribution in [3.05, 3.63) is 89.7 Å². The molecule has 1 N–H and O–H groups in total. The molecule has 0 unspecified atom stereocenters. The van der Waals surface area contributed by atoms with Gasteiger partial charge in [-0.2, -0.15) is 0 Å². The molecule has 0 aliphatic carbocycles. The molecule has 1 amide bonds. The quantitative estimate of drug-likeness (QED) is 0.573. The van der Waals surface area contributed by atoms with Crippen LogP contribution in [0.2, 0.25) is 0 Å². The molecule has 1 aromatic heterocycles. The van der Waals surface area contributed by atoms with Crippen LogP contribution in [0.1, 0.15) is 27.4 Å². The first-order valence-corrected chi connectivity index (χ1v) is 11.4. The van der Waals surface area contributed by atoms with E-state index in [9.17, 15) is 14.7 Å². The van der Waals surface area contributed by atoms with Crippen molar-refractivity contribution < 1.29 is 19.4 Å². The molecule has 2 saturated heterocycles. The van der Waals surface area contributed by atoms with Crippen molar-refractivity contribution in [2.75, 3.05) is 26.8 Å². The molecular weight excluding hydrogens is 430 g/mol. The first-order valence-electron chi connectivity index (χ1n) is 11.4. The second kappa shape index (κ2) is 9.37. The van der Waals surface area contributed by atoms with Gasteiger partial charge in [0.2, 0.25) is 5.91 Å². The summed E-state index contributed by atoms with van der Waals surface area (Å²) in [6.07, 6.45) is 3.60. The highest BCUT2D eigenvalue weighted by Crippen LogP contribution is 2.43. The van der Waals surface area contributed by atoms with Gasteiger partial charge >= 0.3 is 5.97 Å². The second-order valence-electron chi connectivity index (χ2n) is 8.87. The highest BCUT2D eigenvalue weighted by atomic mass is 16.5. The van der Waals surface area contributed by atoms with Crippen molar-refractivity contribution in [1.82, 2.24) is 14.8 Å². The van der Waals surface area contributed by atoms with Crippen molar-refractivity contribution in [3.8, 4) is 11.1 Å². The van der Waals surface area contributed by atoms with Gasteiger partial charge in [-0.3, -0.25) is 14.7 Å². The number of piperazine rings is 1. The van der Waals surface area contributed by atoms with Crippen molar-refractivity contribution >= 4 is 11.9 Å². The van der Waals surface area contributed by atoms with E-state index in [1.165, 1.54) is 7.11 Å². The van der Waals surface area contributed by atoms with Gasteiger partial charge in [0, 0.05) is 31.4 Å². The van der Waals surface area contributed by atoms with E-state index in [0.717, 1.165) is 28.8 Å². The minimum Gasteiger partial charge on any atom is -0.465 e. The summed E-state index contributed by atoms with van der Waals surface area (Å²) in [4.78, 5) is 32.8. The van der Waals surface area contributed by atoms with Gasteiger partial charge in [-0.25, -0.2) is 4.79 Å². The fourth-order valence-electron chi connectivity index (χ4n) is 5.24. The molecule has 174 valence electrons. The van der Waals surface area contributed by atoms with Gasteiger partial charge in [0.15, 0.2) is 0 Å². The summed E-state index contributed by atoms with van der Waals surface area (Å²) in [6, 6.07) is 19.4. The molecule has 3 atom stereocenters. The minimum absolute atomic E-state index is 0.0250. The zero-order valence-electron chi connectivity index (χ0n) is 19.0. The Labute approximate surface area is 198 Å². The van der Waals surface area contributed by atoms with E-state index in [1.54, 1.807) is 18.3 Å². The molecule has 5 rings (SSSR count). The van der Waals surface area contributed by atoms with Gasteiger partial charge in [0.25, 0.3) is 0 Å². The monoisotopic (exact) mass is 457 g/mol. The maximum atomic E-state index is 12.9.